The Morgan fingerprint density at radius 1 is 0.825 bits per heavy atom. The maximum Gasteiger partial charge on any atom is 0.312 e. The van der Waals surface area contributed by atoms with Crippen molar-refractivity contribution in [3.63, 3.8) is 0 Å². The molecule has 0 radical (unpaired) electrons. The van der Waals surface area contributed by atoms with Crippen molar-refractivity contribution >= 4 is 11.8 Å². The van der Waals surface area contributed by atoms with Gasteiger partial charge in [0.25, 0.3) is 0 Å². The van der Waals surface area contributed by atoms with Gasteiger partial charge in [0.15, 0.2) is 0 Å². The molecule has 0 heterocycles. The Hall–Kier alpha value is -1.68. The summed E-state index contributed by atoms with van der Waals surface area (Å²) in [6, 6.07) is 9.98. The van der Waals surface area contributed by atoms with Crippen molar-refractivity contribution < 1.29 is 19.4 Å². The summed E-state index contributed by atoms with van der Waals surface area (Å²) in [5.74, 6) is 1.77. The van der Waals surface area contributed by atoms with Gasteiger partial charge >= 0.3 is 5.97 Å². The lowest BCUT2D eigenvalue weighted by Gasteiger charge is -2.72. The zero-order chi connectivity index (χ0) is 28.7. The number of benzene rings is 1. The van der Waals surface area contributed by atoms with Gasteiger partial charge in [0.2, 0.25) is 0 Å². The molecule has 0 saturated heterocycles. The highest BCUT2D eigenvalue weighted by Gasteiger charge is 2.72. The summed E-state index contributed by atoms with van der Waals surface area (Å²) < 4.78 is 6.09. The number of rotatable bonds is 4. The van der Waals surface area contributed by atoms with Crippen LogP contribution in [0.4, 0.5) is 0 Å². The van der Waals surface area contributed by atoms with E-state index < -0.39 is 5.41 Å². The third-order valence-electron chi connectivity index (χ3n) is 14.6. The number of hydrogen-bond donors (Lipinski definition) is 1. The van der Waals surface area contributed by atoms with Crippen LogP contribution in [0.3, 0.4) is 0 Å². The number of Topliss-reactive ketones (excluding diaryl/α,β-unsaturated/α-hetero) is 1. The molecule has 0 aliphatic heterocycles. The van der Waals surface area contributed by atoms with Crippen molar-refractivity contribution in [2.75, 3.05) is 0 Å². The van der Waals surface area contributed by atoms with E-state index in [9.17, 15) is 14.7 Å². The molecule has 5 aliphatic carbocycles. The molecule has 10 atom stereocenters. The van der Waals surface area contributed by atoms with E-state index in [-0.39, 0.29) is 51.4 Å². The fourth-order valence-electron chi connectivity index (χ4n) is 12.3. The molecule has 1 aromatic carbocycles. The highest BCUT2D eigenvalue weighted by Crippen LogP contribution is 2.77. The molecule has 5 aliphatic rings. The Morgan fingerprint density at radius 3 is 2.25 bits per heavy atom. The number of carbonyl (C=O) groups excluding carboxylic acids is 2. The summed E-state index contributed by atoms with van der Waals surface area (Å²) >= 11 is 0. The lowest BCUT2D eigenvalue weighted by molar-refractivity contribution is -0.249. The Kier molecular flexibility index (Phi) is 6.69. The molecule has 5 saturated carbocycles. The number of aliphatic hydroxyl groups excluding tert-OH is 1. The minimum atomic E-state index is -0.531. The molecule has 4 heteroatoms. The Bertz CT molecular complexity index is 1160. The van der Waals surface area contributed by atoms with Crippen LogP contribution in [0.1, 0.15) is 111 Å². The van der Waals surface area contributed by atoms with E-state index in [4.69, 9.17) is 4.74 Å². The normalized spacial score (nSPS) is 47.3. The fraction of sp³-hybridized carbons (Fsp3) is 0.778. The van der Waals surface area contributed by atoms with E-state index in [0.717, 1.165) is 50.5 Å². The first-order valence-electron chi connectivity index (χ1n) is 16.2. The van der Waals surface area contributed by atoms with Crippen LogP contribution in [-0.4, -0.2) is 23.0 Å². The van der Waals surface area contributed by atoms with E-state index in [1.807, 2.05) is 30.3 Å². The summed E-state index contributed by atoms with van der Waals surface area (Å²) in [4.78, 5) is 27.2. The van der Waals surface area contributed by atoms with Gasteiger partial charge in [-0.15, -0.1) is 0 Å². The van der Waals surface area contributed by atoms with Crippen molar-refractivity contribution in [2.24, 2.45) is 56.7 Å². The molecule has 0 spiro atoms. The van der Waals surface area contributed by atoms with Crippen molar-refractivity contribution in [3.8, 4) is 0 Å². The lowest BCUT2D eigenvalue weighted by Crippen LogP contribution is -2.67. The van der Waals surface area contributed by atoms with Gasteiger partial charge in [-0.25, -0.2) is 0 Å². The summed E-state index contributed by atoms with van der Waals surface area (Å²) in [6.45, 7) is 14.4. The third kappa shape index (κ3) is 3.72. The van der Waals surface area contributed by atoms with Gasteiger partial charge in [0.1, 0.15) is 12.4 Å². The smallest absolute Gasteiger partial charge is 0.312 e. The summed E-state index contributed by atoms with van der Waals surface area (Å²) in [5, 5.41) is 11.0. The molecule has 5 fully saturated rings. The monoisotopic (exact) mass is 548 g/mol. The average molecular weight is 549 g/mol. The number of fused-ring (bicyclic) bond motifs is 7. The SMILES string of the molecule is CC(=O)[C@@H]1CC[C@]2(C(=O)OCc3ccccc3)CC[C@]3(C)C(CCC4[C@@]5(C)CC[C@@H](O)C(C)(C)C5CC[C@]43C)C12. The molecule has 6 rings (SSSR count). The van der Waals surface area contributed by atoms with Crippen LogP contribution < -0.4 is 0 Å². The maximum absolute atomic E-state index is 14.1. The molecule has 1 aromatic rings. The van der Waals surface area contributed by atoms with Gasteiger partial charge in [-0.2, -0.15) is 0 Å². The van der Waals surface area contributed by atoms with Crippen LogP contribution in [0.2, 0.25) is 0 Å². The van der Waals surface area contributed by atoms with E-state index in [0.29, 0.717) is 24.4 Å². The third-order valence-corrected chi connectivity index (χ3v) is 14.6. The molecule has 0 bridgehead atoms. The zero-order valence-electron chi connectivity index (χ0n) is 25.8. The van der Waals surface area contributed by atoms with Crippen molar-refractivity contribution in [1.82, 2.24) is 0 Å². The molecule has 0 amide bonds. The standard InChI is InChI=1S/C36H52O4/c1-23(37)25-14-19-36(31(39)40-22-24-10-8-7-9-11-24)21-20-34(5)26(30(25)36)12-13-28-33(4)17-16-29(38)32(2,3)27(33)15-18-35(28,34)6/h7-11,25-30,38H,12-22H2,1-6H3/t25-,26?,27?,28?,29+,30?,33-,34+,35+,36-/m0/s1. The first-order valence-corrected chi connectivity index (χ1v) is 16.2. The highest BCUT2D eigenvalue weighted by molar-refractivity contribution is 5.84. The Morgan fingerprint density at radius 2 is 1.55 bits per heavy atom. The predicted molar refractivity (Wildman–Crippen MR) is 157 cm³/mol. The van der Waals surface area contributed by atoms with Gasteiger partial charge in [0.05, 0.1) is 11.5 Å². The average Bonchev–Trinajstić information content (AvgIpc) is 3.32. The molecular formula is C36H52O4. The van der Waals surface area contributed by atoms with Crippen molar-refractivity contribution in [1.29, 1.82) is 0 Å². The number of ether oxygens (including phenoxy) is 1. The molecular weight excluding hydrogens is 496 g/mol. The van der Waals surface area contributed by atoms with Crippen molar-refractivity contribution in [3.05, 3.63) is 35.9 Å². The second-order valence-corrected chi connectivity index (χ2v) is 16.0. The Labute approximate surface area is 242 Å². The van der Waals surface area contributed by atoms with Gasteiger partial charge < -0.3 is 9.84 Å². The second kappa shape index (κ2) is 9.41. The van der Waals surface area contributed by atoms with Gasteiger partial charge in [-0.05, 0) is 122 Å². The van der Waals surface area contributed by atoms with Crippen LogP contribution in [-0.2, 0) is 20.9 Å². The van der Waals surface area contributed by atoms with Crippen molar-refractivity contribution in [2.45, 2.75) is 118 Å². The molecule has 1 N–H and O–H groups in total. The van der Waals surface area contributed by atoms with Crippen LogP contribution in [0, 0.1) is 56.7 Å². The van der Waals surface area contributed by atoms with E-state index in [1.165, 1.54) is 19.3 Å². The lowest BCUT2D eigenvalue weighted by atomic mass is 9.32. The van der Waals surface area contributed by atoms with Crippen LogP contribution in [0.15, 0.2) is 30.3 Å². The number of esters is 1. The first kappa shape index (κ1) is 28.4. The van der Waals surface area contributed by atoms with Gasteiger partial charge in [0, 0.05) is 5.92 Å². The summed E-state index contributed by atoms with van der Waals surface area (Å²) in [6.07, 6.45) is 9.91. The quantitative estimate of drug-likeness (QED) is 0.391. The first-order chi connectivity index (χ1) is 18.8. The zero-order valence-corrected chi connectivity index (χ0v) is 25.8. The fourth-order valence-corrected chi connectivity index (χ4v) is 12.3. The molecule has 0 aromatic heterocycles. The topological polar surface area (TPSA) is 63.6 Å². The van der Waals surface area contributed by atoms with Gasteiger partial charge in [-0.3, -0.25) is 9.59 Å². The van der Waals surface area contributed by atoms with Gasteiger partial charge in [-0.1, -0.05) is 65.0 Å². The molecule has 220 valence electrons. The molecule has 4 unspecified atom stereocenters. The largest absolute Gasteiger partial charge is 0.460 e. The summed E-state index contributed by atoms with van der Waals surface area (Å²) in [7, 11) is 0. The second-order valence-electron chi connectivity index (χ2n) is 16.0. The van der Waals surface area contributed by atoms with Crippen LogP contribution in [0.5, 0.6) is 0 Å². The molecule has 4 nitrogen and oxygen atoms in total. The minimum absolute atomic E-state index is 0.0373. The van der Waals surface area contributed by atoms with E-state index in [2.05, 4.69) is 34.6 Å². The number of ketones is 1. The minimum Gasteiger partial charge on any atom is -0.460 e. The van der Waals surface area contributed by atoms with Crippen LogP contribution in [0.25, 0.3) is 0 Å². The number of hydrogen-bond acceptors (Lipinski definition) is 4. The maximum atomic E-state index is 14.1. The number of aliphatic hydroxyl groups is 1. The van der Waals surface area contributed by atoms with E-state index >= 15 is 0 Å². The number of carbonyl (C=O) groups is 2. The van der Waals surface area contributed by atoms with Crippen LogP contribution >= 0.6 is 0 Å². The highest BCUT2D eigenvalue weighted by atomic mass is 16.5. The molecule has 40 heavy (non-hydrogen) atoms. The predicted octanol–water partition coefficient (Wildman–Crippen LogP) is 7.76. The summed E-state index contributed by atoms with van der Waals surface area (Å²) in [5.41, 5.74) is 0.921. The van der Waals surface area contributed by atoms with E-state index in [1.54, 1.807) is 6.92 Å². The Balaban J connectivity index is 1.34.